The second-order valence-electron chi connectivity index (χ2n) is 6.69. The van der Waals surface area contributed by atoms with Crippen molar-refractivity contribution < 1.29 is 28.7 Å². The summed E-state index contributed by atoms with van der Waals surface area (Å²) in [7, 11) is 0. The summed E-state index contributed by atoms with van der Waals surface area (Å²) in [6.07, 6.45) is 1.92. The molecule has 1 fully saturated rings. The average molecular weight is 466 g/mol. The second-order valence-corrected chi connectivity index (χ2v) is 8.66. The minimum absolute atomic E-state index is 0.0298. The van der Waals surface area contributed by atoms with Crippen LogP contribution in [-0.4, -0.2) is 48.5 Å². The molecule has 1 saturated heterocycles. The Kier molecular flexibility index (Phi) is 7.75. The highest BCUT2D eigenvalue weighted by Gasteiger charge is 2.25. The number of thiophene rings is 1. The maximum absolute atomic E-state index is 12.2. The molecule has 0 radical (unpaired) electrons. The summed E-state index contributed by atoms with van der Waals surface area (Å²) in [6.45, 7) is 4.02. The van der Waals surface area contributed by atoms with Gasteiger partial charge in [-0.2, -0.15) is 0 Å². The highest BCUT2D eigenvalue weighted by atomic mass is 32.1. The van der Waals surface area contributed by atoms with Crippen molar-refractivity contribution in [2.75, 3.05) is 30.0 Å². The number of rotatable bonds is 9. The number of esters is 2. The number of carbonyl (C=O) groups excluding carboxylic acids is 4. The molecule has 0 atom stereocenters. The highest BCUT2D eigenvalue weighted by molar-refractivity contribution is 7.16. The van der Waals surface area contributed by atoms with Crippen molar-refractivity contribution in [1.29, 1.82) is 0 Å². The third kappa shape index (κ3) is 5.88. The van der Waals surface area contributed by atoms with Gasteiger partial charge in [-0.3, -0.25) is 19.3 Å². The summed E-state index contributed by atoms with van der Waals surface area (Å²) < 4.78 is 10.1. The minimum Gasteiger partial charge on any atom is -0.462 e. The fraction of sp³-hybridized carbons (Fsp3) is 0.450. The zero-order valence-corrected chi connectivity index (χ0v) is 18.9. The van der Waals surface area contributed by atoms with E-state index in [-0.39, 0.29) is 24.5 Å². The van der Waals surface area contributed by atoms with Gasteiger partial charge in [0.2, 0.25) is 5.91 Å². The number of nitrogens with one attached hydrogen (secondary N) is 1. The molecule has 0 spiro atoms. The number of thiazole rings is 1. The Morgan fingerprint density at radius 3 is 2.74 bits per heavy atom. The van der Waals surface area contributed by atoms with Crippen molar-refractivity contribution in [2.45, 2.75) is 39.5 Å². The molecule has 3 heterocycles. The van der Waals surface area contributed by atoms with Crippen molar-refractivity contribution in [1.82, 2.24) is 4.98 Å². The van der Waals surface area contributed by atoms with Crippen LogP contribution in [0.5, 0.6) is 0 Å². The van der Waals surface area contributed by atoms with Crippen molar-refractivity contribution in [3.63, 3.8) is 0 Å². The molecule has 9 nitrogen and oxygen atoms in total. The first kappa shape index (κ1) is 22.9. The largest absolute Gasteiger partial charge is 0.462 e. The lowest BCUT2D eigenvalue weighted by Gasteiger charge is -2.10. The quantitative estimate of drug-likeness (QED) is 0.566. The molecule has 0 aliphatic carbocycles. The molecule has 0 bridgehead atoms. The van der Waals surface area contributed by atoms with E-state index in [1.807, 2.05) is 6.92 Å². The number of ether oxygens (including phenoxy) is 2. The van der Waals surface area contributed by atoms with E-state index in [1.54, 1.807) is 23.3 Å². The summed E-state index contributed by atoms with van der Waals surface area (Å²) in [5.74, 6) is -1.64. The smallest absolute Gasteiger partial charge is 0.341 e. The van der Waals surface area contributed by atoms with Crippen LogP contribution in [0.2, 0.25) is 0 Å². The normalized spacial score (nSPS) is 13.4. The molecule has 0 aromatic carbocycles. The number of amides is 2. The first-order valence-electron chi connectivity index (χ1n) is 9.91. The van der Waals surface area contributed by atoms with Gasteiger partial charge in [-0.15, -0.1) is 22.7 Å². The summed E-state index contributed by atoms with van der Waals surface area (Å²) in [6, 6.07) is 1.69. The minimum atomic E-state index is -0.606. The van der Waals surface area contributed by atoms with E-state index in [2.05, 4.69) is 10.3 Å². The predicted molar refractivity (Wildman–Crippen MR) is 117 cm³/mol. The van der Waals surface area contributed by atoms with Crippen LogP contribution in [0.3, 0.4) is 0 Å². The molecule has 166 valence electrons. The number of anilines is 2. The van der Waals surface area contributed by atoms with Crippen molar-refractivity contribution in [3.05, 3.63) is 27.6 Å². The second kappa shape index (κ2) is 10.5. The van der Waals surface area contributed by atoms with Crippen LogP contribution in [0, 0.1) is 0 Å². The maximum atomic E-state index is 12.2. The molecular formula is C20H23N3O6S2. The summed E-state index contributed by atoms with van der Waals surface area (Å²) in [5, 5.41) is 5.25. The molecule has 31 heavy (non-hydrogen) atoms. The molecule has 0 unspecified atom stereocenters. The Labute approximate surface area is 187 Å². The average Bonchev–Trinajstić information content (AvgIpc) is 3.46. The molecule has 11 heteroatoms. The van der Waals surface area contributed by atoms with Gasteiger partial charge in [0.05, 0.1) is 24.3 Å². The molecule has 1 aliphatic heterocycles. The van der Waals surface area contributed by atoms with E-state index in [0.29, 0.717) is 35.2 Å². The standard InChI is InChI=1S/C20H23N3O6S2/c1-3-13-9-14(19(27)28-4-2)18(31-13)22-15(24)10-29-17(26)8-12-11-30-20(21-12)23-7-5-6-16(23)25/h9,11H,3-8,10H2,1-2H3,(H,22,24). The Morgan fingerprint density at radius 2 is 2.06 bits per heavy atom. The zero-order chi connectivity index (χ0) is 22.4. The predicted octanol–water partition coefficient (Wildman–Crippen LogP) is 2.79. The van der Waals surface area contributed by atoms with Gasteiger partial charge in [0.1, 0.15) is 5.00 Å². The van der Waals surface area contributed by atoms with Crippen molar-refractivity contribution >= 4 is 56.6 Å². The van der Waals surface area contributed by atoms with Crippen molar-refractivity contribution in [2.24, 2.45) is 0 Å². The molecule has 1 aliphatic rings. The molecule has 1 N–H and O–H groups in total. The Hall–Kier alpha value is -2.79. The van der Waals surface area contributed by atoms with Gasteiger partial charge in [0.15, 0.2) is 11.7 Å². The van der Waals surface area contributed by atoms with Crippen LogP contribution in [0.1, 0.15) is 47.6 Å². The van der Waals surface area contributed by atoms with Crippen LogP contribution >= 0.6 is 22.7 Å². The molecule has 0 saturated carbocycles. The molecule has 2 amide bonds. The third-order valence-electron chi connectivity index (χ3n) is 4.41. The number of hydrogen-bond acceptors (Lipinski definition) is 9. The van der Waals surface area contributed by atoms with E-state index in [9.17, 15) is 19.2 Å². The molecule has 2 aromatic heterocycles. The summed E-state index contributed by atoms with van der Waals surface area (Å²) in [4.78, 5) is 55.0. The topological polar surface area (TPSA) is 115 Å². The number of nitrogens with zero attached hydrogens (tertiary/aromatic N) is 2. The lowest BCUT2D eigenvalue weighted by Crippen LogP contribution is -2.24. The summed E-state index contributed by atoms with van der Waals surface area (Å²) in [5.41, 5.74) is 0.774. The lowest BCUT2D eigenvalue weighted by molar-refractivity contribution is -0.146. The highest BCUT2D eigenvalue weighted by Crippen LogP contribution is 2.29. The van der Waals surface area contributed by atoms with Crippen LogP contribution in [0.15, 0.2) is 11.4 Å². The number of aryl methyl sites for hydroxylation is 1. The first-order chi connectivity index (χ1) is 14.9. The van der Waals surface area contributed by atoms with Crippen LogP contribution < -0.4 is 10.2 Å². The number of hydrogen-bond donors (Lipinski definition) is 1. The summed E-state index contributed by atoms with van der Waals surface area (Å²) >= 11 is 2.58. The monoisotopic (exact) mass is 465 g/mol. The van der Waals surface area contributed by atoms with Gasteiger partial charge in [-0.05, 0) is 25.8 Å². The van der Waals surface area contributed by atoms with Crippen LogP contribution in [0.4, 0.5) is 10.1 Å². The third-order valence-corrected chi connectivity index (χ3v) is 6.52. The fourth-order valence-corrected chi connectivity index (χ4v) is 4.80. The van der Waals surface area contributed by atoms with E-state index in [0.717, 1.165) is 11.3 Å². The van der Waals surface area contributed by atoms with Gasteiger partial charge in [-0.25, -0.2) is 9.78 Å². The Balaban J connectivity index is 1.51. The van der Waals surface area contributed by atoms with E-state index >= 15 is 0 Å². The molecular weight excluding hydrogens is 442 g/mol. The van der Waals surface area contributed by atoms with Crippen LogP contribution in [0.25, 0.3) is 0 Å². The molecule has 3 rings (SSSR count). The van der Waals surface area contributed by atoms with E-state index in [4.69, 9.17) is 9.47 Å². The maximum Gasteiger partial charge on any atom is 0.341 e. The number of aromatic nitrogens is 1. The van der Waals surface area contributed by atoms with Gasteiger partial charge in [0, 0.05) is 23.2 Å². The van der Waals surface area contributed by atoms with Crippen LogP contribution in [-0.2, 0) is 36.7 Å². The SMILES string of the molecule is CCOC(=O)c1cc(CC)sc1NC(=O)COC(=O)Cc1csc(N2CCCC2=O)n1. The first-order valence-corrected chi connectivity index (χ1v) is 11.6. The number of carbonyl (C=O) groups is 4. The lowest BCUT2D eigenvalue weighted by atomic mass is 10.2. The Bertz CT molecular complexity index is 983. The van der Waals surface area contributed by atoms with Crippen molar-refractivity contribution in [3.8, 4) is 0 Å². The molecule has 2 aromatic rings. The van der Waals surface area contributed by atoms with E-state index < -0.39 is 24.5 Å². The zero-order valence-electron chi connectivity index (χ0n) is 17.3. The van der Waals surface area contributed by atoms with E-state index in [1.165, 1.54) is 22.7 Å². The fourth-order valence-electron chi connectivity index (χ4n) is 2.93. The van der Waals surface area contributed by atoms with Gasteiger partial charge >= 0.3 is 11.9 Å². The Morgan fingerprint density at radius 1 is 1.26 bits per heavy atom. The van der Waals surface area contributed by atoms with Gasteiger partial charge < -0.3 is 14.8 Å². The van der Waals surface area contributed by atoms with Gasteiger partial charge in [0.25, 0.3) is 5.91 Å². The van der Waals surface area contributed by atoms with Gasteiger partial charge in [-0.1, -0.05) is 6.92 Å².